The van der Waals surface area contributed by atoms with Crippen LogP contribution in [0.2, 0.25) is 0 Å². The second kappa shape index (κ2) is 13.4. The number of ether oxygens (including phenoxy) is 1. The Labute approximate surface area is 180 Å². The number of aliphatic imine (C=N–C) groups is 1. The van der Waals surface area contributed by atoms with Crippen molar-refractivity contribution in [3.8, 4) is 5.75 Å². The van der Waals surface area contributed by atoms with Crippen LogP contribution in [0.15, 0.2) is 59.6 Å². The zero-order chi connectivity index (χ0) is 18.6. The number of hydrogen-bond donors (Lipinski definition) is 2. The van der Waals surface area contributed by atoms with E-state index in [-0.39, 0.29) is 24.0 Å². The monoisotopic (exact) mass is 482 g/mol. The molecule has 0 heterocycles. The number of guanidine groups is 1. The quantitative estimate of drug-likeness (QED) is 0.249. The summed E-state index contributed by atoms with van der Waals surface area (Å²) in [5.74, 6) is 1.72. The minimum Gasteiger partial charge on any atom is -0.494 e. The van der Waals surface area contributed by atoms with E-state index in [4.69, 9.17) is 4.74 Å². The Morgan fingerprint density at radius 1 is 0.963 bits per heavy atom. The van der Waals surface area contributed by atoms with Crippen LogP contribution in [0, 0.1) is 0 Å². The lowest BCUT2D eigenvalue weighted by Gasteiger charge is -2.16. The van der Waals surface area contributed by atoms with Gasteiger partial charge in [-0.3, -0.25) is 4.99 Å². The van der Waals surface area contributed by atoms with Crippen LogP contribution in [-0.2, 0) is 13.1 Å². The highest BCUT2D eigenvalue weighted by molar-refractivity contribution is 14.0. The molecule has 148 valence electrons. The lowest BCUT2D eigenvalue weighted by molar-refractivity contribution is 0.311. The van der Waals surface area contributed by atoms with E-state index in [1.807, 2.05) is 30.3 Å². The first-order valence-corrected chi connectivity index (χ1v) is 9.03. The van der Waals surface area contributed by atoms with E-state index in [9.17, 15) is 0 Å². The first kappa shape index (κ1) is 23.2. The molecule has 0 saturated heterocycles. The number of para-hydroxylation sites is 1. The third-order valence-corrected chi connectivity index (χ3v) is 3.90. The van der Waals surface area contributed by atoms with Gasteiger partial charge in [-0.15, -0.1) is 24.0 Å². The van der Waals surface area contributed by atoms with Crippen molar-refractivity contribution in [2.24, 2.45) is 4.99 Å². The van der Waals surface area contributed by atoms with Crippen LogP contribution < -0.4 is 15.4 Å². The molecule has 0 amide bonds. The van der Waals surface area contributed by atoms with Gasteiger partial charge in [0, 0.05) is 26.7 Å². The van der Waals surface area contributed by atoms with Gasteiger partial charge in [0.25, 0.3) is 0 Å². The molecule has 2 rings (SSSR count). The molecular formula is C21H31IN4O. The molecule has 0 aromatic heterocycles. The summed E-state index contributed by atoms with van der Waals surface area (Å²) in [7, 11) is 5.96. The van der Waals surface area contributed by atoms with Crippen LogP contribution in [0.1, 0.15) is 17.5 Å². The van der Waals surface area contributed by atoms with Gasteiger partial charge in [-0.25, -0.2) is 0 Å². The molecule has 0 saturated carbocycles. The third kappa shape index (κ3) is 9.10. The molecular weight excluding hydrogens is 451 g/mol. The molecule has 0 fully saturated rings. The summed E-state index contributed by atoms with van der Waals surface area (Å²) in [4.78, 5) is 6.47. The molecule has 0 bridgehead atoms. The van der Waals surface area contributed by atoms with Gasteiger partial charge in [-0.05, 0) is 43.8 Å². The van der Waals surface area contributed by atoms with Gasteiger partial charge in [0.2, 0.25) is 0 Å². The van der Waals surface area contributed by atoms with Crippen LogP contribution in [0.25, 0.3) is 0 Å². The predicted octanol–water partition coefficient (Wildman–Crippen LogP) is 3.50. The first-order chi connectivity index (χ1) is 12.7. The molecule has 0 aliphatic carbocycles. The average Bonchev–Trinajstić information content (AvgIpc) is 2.65. The highest BCUT2D eigenvalue weighted by Gasteiger charge is 2.04. The van der Waals surface area contributed by atoms with Crippen molar-refractivity contribution in [3.63, 3.8) is 0 Å². The van der Waals surface area contributed by atoms with Gasteiger partial charge < -0.3 is 20.3 Å². The van der Waals surface area contributed by atoms with E-state index in [0.717, 1.165) is 37.8 Å². The maximum Gasteiger partial charge on any atom is 0.191 e. The van der Waals surface area contributed by atoms with Crippen molar-refractivity contribution in [1.29, 1.82) is 0 Å². The minimum atomic E-state index is 0. The summed E-state index contributed by atoms with van der Waals surface area (Å²) >= 11 is 0. The van der Waals surface area contributed by atoms with Crippen LogP contribution in [0.3, 0.4) is 0 Å². The first-order valence-electron chi connectivity index (χ1n) is 9.03. The Kier molecular flexibility index (Phi) is 11.5. The van der Waals surface area contributed by atoms with E-state index in [1.165, 1.54) is 11.1 Å². The molecule has 0 atom stereocenters. The highest BCUT2D eigenvalue weighted by atomic mass is 127. The smallest absolute Gasteiger partial charge is 0.191 e. The third-order valence-electron chi connectivity index (χ3n) is 3.90. The van der Waals surface area contributed by atoms with Crippen molar-refractivity contribution < 1.29 is 4.74 Å². The molecule has 2 aromatic rings. The van der Waals surface area contributed by atoms with Gasteiger partial charge in [0.1, 0.15) is 5.75 Å². The van der Waals surface area contributed by atoms with Gasteiger partial charge >= 0.3 is 0 Å². The zero-order valence-corrected chi connectivity index (χ0v) is 18.8. The maximum atomic E-state index is 5.70. The topological polar surface area (TPSA) is 48.9 Å². The molecule has 6 heteroatoms. The van der Waals surface area contributed by atoms with Gasteiger partial charge in [0.05, 0.1) is 6.61 Å². The summed E-state index contributed by atoms with van der Waals surface area (Å²) in [6.07, 6.45) is 0.910. The maximum absolute atomic E-state index is 5.70. The molecule has 0 aliphatic heterocycles. The van der Waals surface area contributed by atoms with Crippen LogP contribution in [0.4, 0.5) is 0 Å². The van der Waals surface area contributed by atoms with Crippen molar-refractivity contribution in [2.45, 2.75) is 19.5 Å². The second-order valence-electron chi connectivity index (χ2n) is 6.37. The van der Waals surface area contributed by atoms with Crippen LogP contribution in [0.5, 0.6) is 5.75 Å². The summed E-state index contributed by atoms with van der Waals surface area (Å²) in [6.45, 7) is 3.18. The number of nitrogens with one attached hydrogen (secondary N) is 2. The molecule has 2 N–H and O–H groups in total. The second-order valence-corrected chi connectivity index (χ2v) is 6.37. The molecule has 5 nitrogen and oxygen atoms in total. The number of hydrogen-bond acceptors (Lipinski definition) is 3. The molecule has 0 aliphatic rings. The van der Waals surface area contributed by atoms with Crippen molar-refractivity contribution in [1.82, 2.24) is 15.5 Å². The SMILES string of the molecule is CN=C(NCCCOc1ccccc1)NCc1ccccc1CN(C)C.I. The van der Waals surface area contributed by atoms with E-state index in [1.54, 1.807) is 7.05 Å². The number of rotatable bonds is 9. The molecule has 27 heavy (non-hydrogen) atoms. The van der Waals surface area contributed by atoms with Gasteiger partial charge in [0.15, 0.2) is 5.96 Å². The standard InChI is InChI=1S/C21H30N4O.HI/c1-22-21(23-14-9-15-26-20-12-5-4-6-13-20)24-16-18-10-7-8-11-19(18)17-25(2)3;/h4-8,10-13H,9,14-17H2,1-3H3,(H2,22,23,24);1H. The van der Waals surface area contributed by atoms with Gasteiger partial charge in [-0.1, -0.05) is 42.5 Å². The number of benzene rings is 2. The Morgan fingerprint density at radius 2 is 1.63 bits per heavy atom. The molecule has 0 unspecified atom stereocenters. The summed E-state index contributed by atoms with van der Waals surface area (Å²) in [5, 5.41) is 6.72. The fraction of sp³-hybridized carbons (Fsp3) is 0.381. The van der Waals surface area contributed by atoms with Crippen LogP contribution in [-0.4, -0.2) is 45.2 Å². The Morgan fingerprint density at radius 3 is 2.30 bits per heavy atom. The number of nitrogens with zero attached hydrogens (tertiary/aromatic N) is 2. The summed E-state index contributed by atoms with van der Waals surface area (Å²) < 4.78 is 5.70. The minimum absolute atomic E-state index is 0. The number of halogens is 1. The van der Waals surface area contributed by atoms with Gasteiger partial charge in [-0.2, -0.15) is 0 Å². The Balaban J connectivity index is 0.00000364. The zero-order valence-electron chi connectivity index (χ0n) is 16.4. The van der Waals surface area contributed by atoms with E-state index < -0.39 is 0 Å². The van der Waals surface area contributed by atoms with Crippen molar-refractivity contribution in [3.05, 3.63) is 65.7 Å². The van der Waals surface area contributed by atoms with Crippen LogP contribution >= 0.6 is 24.0 Å². The van der Waals surface area contributed by atoms with Crippen molar-refractivity contribution >= 4 is 29.9 Å². The van der Waals surface area contributed by atoms with E-state index >= 15 is 0 Å². The fourth-order valence-corrected chi connectivity index (χ4v) is 2.61. The van der Waals surface area contributed by atoms with Crippen molar-refractivity contribution in [2.75, 3.05) is 34.3 Å². The summed E-state index contributed by atoms with van der Waals surface area (Å²) in [6, 6.07) is 18.4. The largest absolute Gasteiger partial charge is 0.494 e. The Bertz CT molecular complexity index is 677. The van der Waals surface area contributed by atoms with E-state index in [0.29, 0.717) is 6.61 Å². The molecule has 0 radical (unpaired) electrons. The Hall–Kier alpha value is -1.80. The van der Waals surface area contributed by atoms with E-state index in [2.05, 4.69) is 58.9 Å². The lowest BCUT2D eigenvalue weighted by Crippen LogP contribution is -2.37. The molecule has 0 spiro atoms. The average molecular weight is 482 g/mol. The lowest BCUT2D eigenvalue weighted by atomic mass is 10.1. The fourth-order valence-electron chi connectivity index (χ4n) is 2.61. The normalized spacial score (nSPS) is 11.0. The predicted molar refractivity (Wildman–Crippen MR) is 124 cm³/mol. The molecule has 2 aromatic carbocycles. The summed E-state index contributed by atoms with van der Waals surface area (Å²) in [5.41, 5.74) is 2.62. The highest BCUT2D eigenvalue weighted by Crippen LogP contribution is 2.10.